The lowest BCUT2D eigenvalue weighted by atomic mass is 10.2. The minimum absolute atomic E-state index is 0.221. The maximum atomic E-state index is 6.15. The van der Waals surface area contributed by atoms with E-state index in [4.69, 9.17) is 27.7 Å². The van der Waals surface area contributed by atoms with Gasteiger partial charge in [-0.3, -0.25) is 0 Å². The fourth-order valence-electron chi connectivity index (χ4n) is 1.52. The van der Waals surface area contributed by atoms with Crippen LogP contribution in [0.2, 0.25) is 5.02 Å². The van der Waals surface area contributed by atoms with Crippen LogP contribution in [-0.2, 0) is 0 Å². The van der Waals surface area contributed by atoms with Gasteiger partial charge >= 0.3 is 0 Å². The highest BCUT2D eigenvalue weighted by Crippen LogP contribution is 2.31. The lowest BCUT2D eigenvalue weighted by molar-refractivity contribution is 0.420. The molecule has 0 radical (unpaired) electrons. The van der Waals surface area contributed by atoms with E-state index in [1.165, 1.54) is 0 Å². The number of nitrogens with zero attached hydrogens (tertiary/aromatic N) is 2. The standard InChI is InChI=1S/C12H11BrCl2N2O/c1-2-3-9(14)11-16-12(18-17-11)8-5-4-7(13)6-10(8)15/h4-6,9H,2-3H2,1H3. The molecule has 0 aliphatic carbocycles. The highest BCUT2D eigenvalue weighted by Gasteiger charge is 2.17. The van der Waals surface area contributed by atoms with E-state index < -0.39 is 0 Å². The van der Waals surface area contributed by atoms with Gasteiger partial charge in [-0.2, -0.15) is 4.98 Å². The van der Waals surface area contributed by atoms with Crippen molar-refractivity contribution in [1.82, 2.24) is 10.1 Å². The quantitative estimate of drug-likeness (QED) is 0.709. The van der Waals surface area contributed by atoms with Crippen LogP contribution in [0.1, 0.15) is 31.0 Å². The van der Waals surface area contributed by atoms with Crippen molar-refractivity contribution in [2.75, 3.05) is 0 Å². The van der Waals surface area contributed by atoms with Gasteiger partial charge in [0, 0.05) is 4.47 Å². The Morgan fingerprint density at radius 3 is 2.89 bits per heavy atom. The number of benzene rings is 1. The molecule has 1 unspecified atom stereocenters. The van der Waals surface area contributed by atoms with Crippen molar-refractivity contribution in [3.8, 4) is 11.5 Å². The summed E-state index contributed by atoms with van der Waals surface area (Å²) < 4.78 is 6.09. The molecule has 0 amide bonds. The summed E-state index contributed by atoms with van der Waals surface area (Å²) in [5.74, 6) is 0.900. The van der Waals surface area contributed by atoms with Crippen LogP contribution in [0.4, 0.5) is 0 Å². The molecule has 0 N–H and O–H groups in total. The van der Waals surface area contributed by atoms with E-state index in [1.807, 2.05) is 12.1 Å². The van der Waals surface area contributed by atoms with Gasteiger partial charge in [0.15, 0.2) is 5.82 Å². The molecule has 18 heavy (non-hydrogen) atoms. The Hall–Kier alpha value is -0.580. The second-order valence-corrected chi connectivity index (χ2v) is 5.69. The first-order chi connectivity index (χ1) is 8.61. The van der Waals surface area contributed by atoms with Crippen molar-refractivity contribution in [2.45, 2.75) is 25.1 Å². The summed E-state index contributed by atoms with van der Waals surface area (Å²) in [5.41, 5.74) is 0.707. The van der Waals surface area contributed by atoms with Crippen LogP contribution >= 0.6 is 39.1 Å². The average Bonchev–Trinajstić information content (AvgIpc) is 2.78. The van der Waals surface area contributed by atoms with E-state index in [1.54, 1.807) is 6.07 Å². The molecular weight excluding hydrogens is 339 g/mol. The highest BCUT2D eigenvalue weighted by molar-refractivity contribution is 9.10. The molecule has 2 rings (SSSR count). The number of aromatic nitrogens is 2. The van der Waals surface area contributed by atoms with Crippen molar-refractivity contribution >= 4 is 39.1 Å². The Kier molecular flexibility index (Phi) is 4.65. The third-order valence-electron chi connectivity index (χ3n) is 2.43. The lowest BCUT2D eigenvalue weighted by Gasteiger charge is -2.00. The van der Waals surface area contributed by atoms with E-state index in [2.05, 4.69) is 33.0 Å². The molecular formula is C12H11BrCl2N2O. The van der Waals surface area contributed by atoms with Crippen LogP contribution in [-0.4, -0.2) is 10.1 Å². The minimum atomic E-state index is -0.221. The Balaban J connectivity index is 2.29. The Labute approximate surface area is 124 Å². The van der Waals surface area contributed by atoms with E-state index in [0.29, 0.717) is 22.3 Å². The summed E-state index contributed by atoms with van der Waals surface area (Å²) in [6.07, 6.45) is 1.78. The van der Waals surface area contributed by atoms with E-state index >= 15 is 0 Å². The molecule has 0 aliphatic heterocycles. The van der Waals surface area contributed by atoms with Gasteiger partial charge in [0.2, 0.25) is 0 Å². The monoisotopic (exact) mass is 348 g/mol. The summed E-state index contributed by atoms with van der Waals surface area (Å²) in [7, 11) is 0. The highest BCUT2D eigenvalue weighted by atomic mass is 79.9. The second-order valence-electron chi connectivity index (χ2n) is 3.84. The Bertz CT molecular complexity index is 545. The van der Waals surface area contributed by atoms with E-state index in [-0.39, 0.29) is 5.38 Å². The van der Waals surface area contributed by atoms with E-state index in [0.717, 1.165) is 17.3 Å². The molecule has 0 fully saturated rings. The maximum absolute atomic E-state index is 6.15. The lowest BCUT2D eigenvalue weighted by Crippen LogP contribution is -1.92. The third-order valence-corrected chi connectivity index (χ3v) is 3.64. The number of alkyl halides is 1. The van der Waals surface area contributed by atoms with Crippen LogP contribution in [0, 0.1) is 0 Å². The first kappa shape index (κ1) is 13.8. The van der Waals surface area contributed by atoms with Crippen molar-refractivity contribution in [3.05, 3.63) is 33.5 Å². The molecule has 1 heterocycles. The summed E-state index contributed by atoms with van der Waals surface area (Å²) >= 11 is 15.6. The van der Waals surface area contributed by atoms with Crippen molar-refractivity contribution < 1.29 is 4.52 Å². The van der Waals surface area contributed by atoms with Crippen LogP contribution in [0.15, 0.2) is 27.2 Å². The first-order valence-corrected chi connectivity index (χ1v) is 7.15. The fourth-order valence-corrected chi connectivity index (χ4v) is 2.58. The van der Waals surface area contributed by atoms with Gasteiger partial charge < -0.3 is 4.52 Å². The van der Waals surface area contributed by atoms with Crippen LogP contribution in [0.5, 0.6) is 0 Å². The number of hydrogen-bond donors (Lipinski definition) is 0. The van der Waals surface area contributed by atoms with Gasteiger partial charge in [0.1, 0.15) is 0 Å². The average molecular weight is 350 g/mol. The zero-order chi connectivity index (χ0) is 13.1. The predicted molar refractivity (Wildman–Crippen MR) is 75.9 cm³/mol. The number of rotatable bonds is 4. The Morgan fingerprint density at radius 2 is 2.22 bits per heavy atom. The van der Waals surface area contributed by atoms with Crippen LogP contribution in [0.25, 0.3) is 11.5 Å². The molecule has 1 aromatic heterocycles. The van der Waals surface area contributed by atoms with Crippen molar-refractivity contribution in [3.63, 3.8) is 0 Å². The van der Waals surface area contributed by atoms with Gasteiger partial charge in [0.05, 0.1) is 16.0 Å². The van der Waals surface area contributed by atoms with Crippen LogP contribution in [0.3, 0.4) is 0 Å². The minimum Gasteiger partial charge on any atom is -0.334 e. The third kappa shape index (κ3) is 3.05. The molecule has 96 valence electrons. The SMILES string of the molecule is CCCC(Cl)c1noc(-c2ccc(Br)cc2Cl)n1. The Morgan fingerprint density at radius 1 is 1.44 bits per heavy atom. The molecule has 1 atom stereocenters. The van der Waals surface area contributed by atoms with Crippen molar-refractivity contribution in [2.24, 2.45) is 0 Å². The molecule has 0 saturated heterocycles. The van der Waals surface area contributed by atoms with Gasteiger partial charge in [-0.1, -0.05) is 46.0 Å². The van der Waals surface area contributed by atoms with Gasteiger partial charge in [-0.05, 0) is 24.6 Å². The number of hydrogen-bond acceptors (Lipinski definition) is 3. The molecule has 1 aromatic carbocycles. The molecule has 2 aromatic rings. The molecule has 0 spiro atoms. The summed E-state index contributed by atoms with van der Waals surface area (Å²) in [6, 6.07) is 5.48. The normalized spacial score (nSPS) is 12.7. The molecule has 6 heteroatoms. The van der Waals surface area contributed by atoms with Crippen molar-refractivity contribution in [1.29, 1.82) is 0 Å². The smallest absolute Gasteiger partial charge is 0.259 e. The van der Waals surface area contributed by atoms with Gasteiger partial charge in [-0.25, -0.2) is 0 Å². The maximum Gasteiger partial charge on any atom is 0.259 e. The topological polar surface area (TPSA) is 38.9 Å². The zero-order valence-electron chi connectivity index (χ0n) is 9.66. The molecule has 0 aliphatic rings. The summed E-state index contributed by atoms with van der Waals surface area (Å²) in [5, 5.41) is 4.22. The first-order valence-electron chi connectivity index (χ1n) is 5.55. The largest absolute Gasteiger partial charge is 0.334 e. The van der Waals surface area contributed by atoms with Gasteiger partial charge in [-0.15, -0.1) is 11.6 Å². The number of halogens is 3. The second kappa shape index (κ2) is 6.04. The molecule has 0 saturated carbocycles. The molecule has 0 bridgehead atoms. The van der Waals surface area contributed by atoms with Gasteiger partial charge in [0.25, 0.3) is 5.89 Å². The summed E-state index contributed by atoms with van der Waals surface area (Å²) in [4.78, 5) is 4.28. The fraction of sp³-hybridized carbons (Fsp3) is 0.333. The van der Waals surface area contributed by atoms with E-state index in [9.17, 15) is 0 Å². The molecule has 3 nitrogen and oxygen atoms in total. The predicted octanol–water partition coefficient (Wildman–Crippen LogP) is 5.23. The summed E-state index contributed by atoms with van der Waals surface area (Å²) in [6.45, 7) is 2.06. The zero-order valence-corrected chi connectivity index (χ0v) is 12.8. The van der Waals surface area contributed by atoms with Crippen LogP contribution < -0.4 is 0 Å².